The first-order valence-corrected chi connectivity index (χ1v) is 13.4. The summed E-state index contributed by atoms with van der Waals surface area (Å²) < 4.78 is 56.8. The molecule has 0 spiro atoms. The van der Waals surface area contributed by atoms with E-state index in [1.165, 1.54) is 0 Å². The molecule has 1 aliphatic heterocycles. The molecule has 0 saturated carbocycles. The second-order valence-corrected chi connectivity index (χ2v) is 12.7. The lowest BCUT2D eigenvalue weighted by Crippen LogP contribution is -2.46. The van der Waals surface area contributed by atoms with E-state index in [4.69, 9.17) is 4.42 Å². The van der Waals surface area contributed by atoms with E-state index in [1.54, 1.807) is 36.6 Å². The Labute approximate surface area is 179 Å². The highest BCUT2D eigenvalue weighted by Gasteiger charge is 2.45. The quantitative estimate of drug-likeness (QED) is 0.653. The van der Waals surface area contributed by atoms with Crippen LogP contribution in [0.1, 0.15) is 37.1 Å². The van der Waals surface area contributed by atoms with Gasteiger partial charge in [-0.25, -0.2) is 16.8 Å². The van der Waals surface area contributed by atoms with E-state index in [0.717, 1.165) is 11.3 Å². The van der Waals surface area contributed by atoms with Gasteiger partial charge in [-0.15, -0.1) is 0 Å². The topological polar surface area (TPSA) is 96.7 Å². The molecule has 3 rings (SSSR count). The predicted molar refractivity (Wildman–Crippen MR) is 117 cm³/mol. The lowest BCUT2D eigenvalue weighted by atomic mass is 10.0. The van der Waals surface area contributed by atoms with E-state index >= 15 is 0 Å². The summed E-state index contributed by atoms with van der Waals surface area (Å²) in [6, 6.07) is 9.57. The monoisotopic (exact) mass is 454 g/mol. The number of hydrogen-bond acceptors (Lipinski definition) is 7. The fourth-order valence-corrected chi connectivity index (χ4v) is 8.53. The van der Waals surface area contributed by atoms with Crippen molar-refractivity contribution in [3.8, 4) is 0 Å². The molecule has 1 unspecified atom stereocenters. The van der Waals surface area contributed by atoms with E-state index in [9.17, 15) is 16.8 Å². The Balaban J connectivity index is 1.83. The molecule has 1 fully saturated rings. The summed E-state index contributed by atoms with van der Waals surface area (Å²) in [6.07, 6.45) is 1.58. The normalized spacial score (nSPS) is 22.6. The number of benzene rings is 1. The summed E-state index contributed by atoms with van der Waals surface area (Å²) in [5.41, 5.74) is 1.04. The fraction of sp³-hybridized carbons (Fsp3) is 0.524. The van der Waals surface area contributed by atoms with Gasteiger partial charge in [0.05, 0.1) is 34.0 Å². The van der Waals surface area contributed by atoms with E-state index in [0.29, 0.717) is 6.54 Å². The minimum atomic E-state index is -3.80. The molecule has 0 radical (unpaired) electrons. The number of likely N-dealkylation sites (N-methyl/N-ethyl adjacent to an activating group) is 1. The Hall–Kier alpha value is -1.68. The Kier molecular flexibility index (Phi) is 6.76. The molecule has 0 bridgehead atoms. The zero-order valence-electron chi connectivity index (χ0n) is 17.8. The van der Waals surface area contributed by atoms with Crippen LogP contribution in [0.2, 0.25) is 0 Å². The Morgan fingerprint density at radius 1 is 1.13 bits per heavy atom. The highest BCUT2D eigenvalue weighted by atomic mass is 32.2. The van der Waals surface area contributed by atoms with Gasteiger partial charge >= 0.3 is 0 Å². The first kappa shape index (κ1) is 23.0. The van der Waals surface area contributed by atoms with Gasteiger partial charge in [-0.1, -0.05) is 26.0 Å². The van der Waals surface area contributed by atoms with Crippen LogP contribution < -0.4 is 5.32 Å². The molecule has 1 aromatic heterocycles. The fourth-order valence-electron chi connectivity index (χ4n) is 3.81. The average Bonchev–Trinajstić information content (AvgIpc) is 3.29. The summed E-state index contributed by atoms with van der Waals surface area (Å²) >= 11 is 0. The first-order valence-electron chi connectivity index (χ1n) is 9.99. The van der Waals surface area contributed by atoms with Gasteiger partial charge in [-0.3, -0.25) is 4.90 Å². The third kappa shape index (κ3) is 4.96. The lowest BCUT2D eigenvalue weighted by Gasteiger charge is -2.26. The highest BCUT2D eigenvalue weighted by Crippen LogP contribution is 2.28. The second-order valence-electron chi connectivity index (χ2n) is 8.39. The molecule has 166 valence electrons. The maximum Gasteiger partial charge on any atom is 0.183 e. The molecule has 2 heterocycles. The van der Waals surface area contributed by atoms with Gasteiger partial charge in [0, 0.05) is 12.6 Å². The molecule has 0 aliphatic carbocycles. The largest absolute Gasteiger partial charge is 0.468 e. The zero-order chi connectivity index (χ0) is 22.1. The molecule has 1 aromatic carbocycles. The minimum Gasteiger partial charge on any atom is -0.468 e. The molecule has 1 saturated heterocycles. The van der Waals surface area contributed by atoms with Crippen LogP contribution in [0.5, 0.6) is 0 Å². The number of nitrogens with one attached hydrogen (secondary N) is 1. The van der Waals surface area contributed by atoms with Crippen LogP contribution in [0.15, 0.2) is 52.0 Å². The maximum absolute atomic E-state index is 13.3. The predicted octanol–water partition coefficient (Wildman–Crippen LogP) is 2.23. The molecule has 7 nitrogen and oxygen atoms in total. The molecule has 1 N–H and O–H groups in total. The molecular formula is C21H30N2O5S2. The number of sulfone groups is 2. The van der Waals surface area contributed by atoms with Crippen LogP contribution >= 0.6 is 0 Å². The molecule has 2 aromatic rings. The van der Waals surface area contributed by atoms with Crippen molar-refractivity contribution in [2.75, 3.05) is 32.1 Å². The van der Waals surface area contributed by atoms with Crippen molar-refractivity contribution in [1.29, 1.82) is 0 Å². The van der Waals surface area contributed by atoms with E-state index in [1.807, 2.05) is 38.9 Å². The van der Waals surface area contributed by atoms with Crippen LogP contribution in [0.4, 0.5) is 0 Å². The Bertz CT molecular complexity index is 1040. The smallest absolute Gasteiger partial charge is 0.183 e. The van der Waals surface area contributed by atoms with Crippen molar-refractivity contribution in [2.45, 2.75) is 42.0 Å². The van der Waals surface area contributed by atoms with Gasteiger partial charge in [0.1, 0.15) is 5.76 Å². The lowest BCUT2D eigenvalue weighted by molar-refractivity contribution is 0.245. The molecule has 0 amide bonds. The third-order valence-electron chi connectivity index (χ3n) is 5.64. The second kappa shape index (κ2) is 8.82. The highest BCUT2D eigenvalue weighted by molar-refractivity contribution is 7.96. The summed E-state index contributed by atoms with van der Waals surface area (Å²) in [5.74, 6) is 0.454. The number of nitrogens with zero attached hydrogens (tertiary/aromatic N) is 1. The van der Waals surface area contributed by atoms with Gasteiger partial charge in [-0.2, -0.15) is 0 Å². The summed E-state index contributed by atoms with van der Waals surface area (Å²) in [4.78, 5) is 2.11. The van der Waals surface area contributed by atoms with Crippen molar-refractivity contribution in [2.24, 2.45) is 0 Å². The molecule has 9 heteroatoms. The molecule has 3 atom stereocenters. The van der Waals surface area contributed by atoms with E-state index < -0.39 is 31.0 Å². The molecular weight excluding hydrogens is 424 g/mol. The maximum atomic E-state index is 13.3. The van der Waals surface area contributed by atoms with Crippen molar-refractivity contribution in [1.82, 2.24) is 10.2 Å². The van der Waals surface area contributed by atoms with Crippen LogP contribution in [-0.4, -0.2) is 65.2 Å². The van der Waals surface area contributed by atoms with E-state index in [-0.39, 0.29) is 28.4 Å². The number of furan rings is 1. The molecule has 1 aliphatic rings. The third-order valence-corrected chi connectivity index (χ3v) is 9.81. The Morgan fingerprint density at radius 2 is 1.80 bits per heavy atom. The van der Waals surface area contributed by atoms with Crippen molar-refractivity contribution in [3.05, 3.63) is 54.0 Å². The first-order chi connectivity index (χ1) is 14.0. The standard InChI is InChI=1S/C21H30N2O5S2/c1-15(2)16-7-9-17(10-8-16)30(26,27)21-14-29(24,25)13-18(21)22-12-19(23(3)4)20-6-5-11-28-20/h5-11,15,18-19,21-22H,12-14H2,1-4H3/t18-,19?,21-/m0/s1. The van der Waals surface area contributed by atoms with Crippen LogP contribution in [0, 0.1) is 0 Å². The average molecular weight is 455 g/mol. The van der Waals surface area contributed by atoms with Gasteiger partial charge in [0.15, 0.2) is 19.7 Å². The van der Waals surface area contributed by atoms with Gasteiger partial charge in [0.25, 0.3) is 0 Å². The van der Waals surface area contributed by atoms with Crippen LogP contribution in [-0.2, 0) is 19.7 Å². The number of rotatable bonds is 8. The summed E-state index contributed by atoms with van der Waals surface area (Å²) in [5, 5.41) is 2.18. The Morgan fingerprint density at radius 3 is 2.33 bits per heavy atom. The van der Waals surface area contributed by atoms with Crippen molar-refractivity contribution >= 4 is 19.7 Å². The number of hydrogen-bond donors (Lipinski definition) is 1. The molecule has 30 heavy (non-hydrogen) atoms. The summed E-state index contributed by atoms with van der Waals surface area (Å²) in [6.45, 7) is 4.44. The van der Waals surface area contributed by atoms with E-state index in [2.05, 4.69) is 5.32 Å². The zero-order valence-corrected chi connectivity index (χ0v) is 19.4. The van der Waals surface area contributed by atoms with Gasteiger partial charge in [0.2, 0.25) is 0 Å². The van der Waals surface area contributed by atoms with Gasteiger partial charge < -0.3 is 9.73 Å². The summed E-state index contributed by atoms with van der Waals surface area (Å²) in [7, 11) is -3.47. The van der Waals surface area contributed by atoms with Crippen LogP contribution in [0.25, 0.3) is 0 Å². The minimum absolute atomic E-state index is 0.142. The van der Waals surface area contributed by atoms with Crippen molar-refractivity contribution < 1.29 is 21.3 Å². The van der Waals surface area contributed by atoms with Crippen LogP contribution in [0.3, 0.4) is 0 Å². The van der Waals surface area contributed by atoms with Gasteiger partial charge in [-0.05, 0) is 49.8 Å². The van der Waals surface area contributed by atoms with Crippen molar-refractivity contribution in [3.63, 3.8) is 0 Å². The SMILES string of the molecule is CC(C)c1ccc(S(=O)(=O)[C@H]2CS(=O)(=O)C[C@@H]2NCC(c2ccco2)N(C)C)cc1.